The Morgan fingerprint density at radius 2 is 1.87 bits per heavy atom. The van der Waals surface area contributed by atoms with E-state index in [-0.39, 0.29) is 11.2 Å². The molecule has 0 unspecified atom stereocenters. The molecule has 1 heterocycles. The molecule has 1 N–H and O–H groups in total. The van der Waals surface area contributed by atoms with Crippen LogP contribution in [0.15, 0.2) is 64.8 Å². The molecule has 6 heteroatoms. The van der Waals surface area contributed by atoms with Crippen LogP contribution < -0.4 is 5.32 Å². The Morgan fingerprint density at radius 3 is 2.61 bits per heavy atom. The lowest BCUT2D eigenvalue weighted by atomic mass is 10.1. The van der Waals surface area contributed by atoms with Crippen LogP contribution in [0.4, 0.5) is 0 Å². The van der Waals surface area contributed by atoms with Crippen molar-refractivity contribution >= 4 is 40.7 Å². The summed E-state index contributed by atoms with van der Waals surface area (Å²) in [5.74, 6) is -0.0284. The quantitative estimate of drug-likeness (QED) is 0.682. The van der Waals surface area contributed by atoms with Gasteiger partial charge in [-0.2, -0.15) is 5.10 Å². The molecule has 0 bridgehead atoms. The molecule has 1 aliphatic heterocycles. The molecule has 1 amide bonds. The summed E-state index contributed by atoms with van der Waals surface area (Å²) in [4.78, 5) is 12.0. The van der Waals surface area contributed by atoms with Crippen LogP contribution in [0.5, 0.6) is 0 Å². The fourth-order valence-electron chi connectivity index (χ4n) is 2.11. The minimum atomic E-state index is -0.165. The highest BCUT2D eigenvalue weighted by molar-refractivity contribution is 8.15. The van der Waals surface area contributed by atoms with Crippen LogP contribution in [0, 0.1) is 0 Å². The number of halogens is 1. The number of rotatable bonds is 4. The summed E-state index contributed by atoms with van der Waals surface area (Å²) in [6, 6.07) is 17.2. The smallest absolute Gasteiger partial charge is 0.239 e. The molecule has 0 aromatic heterocycles. The topological polar surface area (TPSA) is 53.8 Å². The van der Waals surface area contributed by atoms with E-state index >= 15 is 0 Å². The molecule has 0 radical (unpaired) electrons. The number of carbonyl (C=O) groups excluding carboxylic acids is 1. The number of nitrogens with zero attached hydrogens (tertiary/aromatic N) is 2. The summed E-state index contributed by atoms with van der Waals surface area (Å²) in [7, 11) is 0. The monoisotopic (exact) mass is 343 g/mol. The standard InChI is InChI=1S/C17H14ClN3OS/c18-14-8-6-13(7-9-14)11-19-21-17-20-16(22)15(23-17)10-12-4-2-1-3-5-12/h1-9,11,15H,10H2,(H,20,21,22)/b19-11+/t15-/m0/s1. The van der Waals surface area contributed by atoms with Crippen molar-refractivity contribution in [3.8, 4) is 0 Å². The molecule has 2 aromatic rings. The van der Waals surface area contributed by atoms with E-state index in [9.17, 15) is 4.79 Å². The van der Waals surface area contributed by atoms with E-state index in [2.05, 4.69) is 15.5 Å². The van der Waals surface area contributed by atoms with Gasteiger partial charge < -0.3 is 5.32 Å². The van der Waals surface area contributed by atoms with E-state index in [0.29, 0.717) is 16.6 Å². The molecule has 0 saturated carbocycles. The first-order chi connectivity index (χ1) is 11.2. The molecule has 23 heavy (non-hydrogen) atoms. The second-order valence-electron chi connectivity index (χ2n) is 4.99. The Labute approximate surface area is 143 Å². The second kappa shape index (κ2) is 7.44. The average Bonchev–Trinajstić information content (AvgIpc) is 2.90. The van der Waals surface area contributed by atoms with Crippen molar-refractivity contribution in [3.63, 3.8) is 0 Å². The number of carbonyl (C=O) groups is 1. The second-order valence-corrected chi connectivity index (χ2v) is 6.61. The third-order valence-corrected chi connectivity index (χ3v) is 4.59. The Bertz CT molecular complexity index is 744. The first kappa shape index (κ1) is 15.8. The minimum Gasteiger partial charge on any atom is -0.303 e. The third-order valence-electron chi connectivity index (χ3n) is 3.27. The van der Waals surface area contributed by atoms with Gasteiger partial charge in [0, 0.05) is 5.02 Å². The summed E-state index contributed by atoms with van der Waals surface area (Å²) in [6.07, 6.45) is 2.30. The Balaban J connectivity index is 1.61. The molecule has 1 fully saturated rings. The van der Waals surface area contributed by atoms with Gasteiger partial charge in [0.1, 0.15) is 0 Å². The van der Waals surface area contributed by atoms with Gasteiger partial charge >= 0.3 is 0 Å². The molecule has 1 aliphatic rings. The summed E-state index contributed by atoms with van der Waals surface area (Å²) in [5.41, 5.74) is 2.03. The first-order valence-corrected chi connectivity index (χ1v) is 8.34. The average molecular weight is 344 g/mol. The molecular weight excluding hydrogens is 330 g/mol. The van der Waals surface area contributed by atoms with Crippen LogP contribution in [0.25, 0.3) is 0 Å². The van der Waals surface area contributed by atoms with E-state index in [0.717, 1.165) is 11.1 Å². The highest BCUT2D eigenvalue weighted by Crippen LogP contribution is 2.23. The SMILES string of the molecule is O=C1N/C(=N\N=C\c2ccc(Cl)cc2)S[C@H]1Cc1ccccc1. The minimum absolute atomic E-state index is 0.0284. The maximum atomic E-state index is 12.0. The number of thioether (sulfide) groups is 1. The van der Waals surface area contributed by atoms with E-state index in [4.69, 9.17) is 11.6 Å². The lowest BCUT2D eigenvalue weighted by Gasteiger charge is -2.04. The van der Waals surface area contributed by atoms with Gasteiger partial charge in [-0.25, -0.2) is 0 Å². The van der Waals surface area contributed by atoms with Gasteiger partial charge in [0.25, 0.3) is 0 Å². The lowest BCUT2D eigenvalue weighted by Crippen LogP contribution is -2.25. The zero-order chi connectivity index (χ0) is 16.1. The number of hydrogen-bond donors (Lipinski definition) is 1. The van der Waals surface area contributed by atoms with Crippen molar-refractivity contribution in [3.05, 3.63) is 70.7 Å². The maximum absolute atomic E-state index is 12.0. The number of amidine groups is 1. The number of hydrogen-bond acceptors (Lipinski definition) is 4. The van der Waals surface area contributed by atoms with E-state index in [1.165, 1.54) is 11.8 Å². The van der Waals surface area contributed by atoms with Crippen LogP contribution >= 0.6 is 23.4 Å². The van der Waals surface area contributed by atoms with Crippen LogP contribution in [-0.4, -0.2) is 22.5 Å². The van der Waals surface area contributed by atoms with Gasteiger partial charge in [-0.3, -0.25) is 4.79 Å². The molecule has 1 atom stereocenters. The summed E-state index contributed by atoms with van der Waals surface area (Å²) in [5, 5.41) is 11.9. The molecule has 0 aliphatic carbocycles. The fraction of sp³-hybridized carbons (Fsp3) is 0.118. The lowest BCUT2D eigenvalue weighted by molar-refractivity contribution is -0.118. The van der Waals surface area contributed by atoms with Crippen LogP contribution in [0.3, 0.4) is 0 Å². The Kier molecular flexibility index (Phi) is 5.10. The summed E-state index contributed by atoms with van der Waals surface area (Å²) >= 11 is 7.23. The Morgan fingerprint density at radius 1 is 1.13 bits per heavy atom. The van der Waals surface area contributed by atoms with Crippen molar-refractivity contribution in [2.45, 2.75) is 11.7 Å². The number of benzene rings is 2. The van der Waals surface area contributed by atoms with E-state index < -0.39 is 0 Å². The van der Waals surface area contributed by atoms with Gasteiger partial charge in [-0.15, -0.1) is 5.10 Å². The molecule has 1 saturated heterocycles. The van der Waals surface area contributed by atoms with Crippen molar-refractivity contribution in [2.24, 2.45) is 10.2 Å². The Hall–Kier alpha value is -2.11. The number of nitrogens with one attached hydrogen (secondary N) is 1. The van der Waals surface area contributed by atoms with Crippen LogP contribution in [0.2, 0.25) is 5.02 Å². The van der Waals surface area contributed by atoms with Crippen LogP contribution in [0.1, 0.15) is 11.1 Å². The zero-order valence-corrected chi connectivity index (χ0v) is 13.7. The third kappa shape index (κ3) is 4.43. The predicted octanol–water partition coefficient (Wildman–Crippen LogP) is 3.50. The first-order valence-electron chi connectivity index (χ1n) is 7.09. The highest BCUT2D eigenvalue weighted by atomic mass is 35.5. The van der Waals surface area contributed by atoms with Gasteiger partial charge in [0.05, 0.1) is 11.5 Å². The molecule has 0 spiro atoms. The fourth-order valence-corrected chi connectivity index (χ4v) is 3.20. The predicted molar refractivity (Wildman–Crippen MR) is 96.1 cm³/mol. The van der Waals surface area contributed by atoms with Gasteiger partial charge in [0.15, 0.2) is 5.17 Å². The normalized spacial score (nSPS) is 19.4. The molecule has 3 rings (SSSR count). The molecule has 116 valence electrons. The molecule has 2 aromatic carbocycles. The van der Waals surface area contributed by atoms with Crippen molar-refractivity contribution < 1.29 is 4.79 Å². The van der Waals surface area contributed by atoms with Crippen molar-refractivity contribution in [1.29, 1.82) is 0 Å². The van der Waals surface area contributed by atoms with Gasteiger partial charge in [0.2, 0.25) is 5.91 Å². The van der Waals surface area contributed by atoms with Gasteiger partial charge in [-0.1, -0.05) is 65.8 Å². The van der Waals surface area contributed by atoms with E-state index in [1.807, 2.05) is 42.5 Å². The summed E-state index contributed by atoms with van der Waals surface area (Å²) < 4.78 is 0. The maximum Gasteiger partial charge on any atom is 0.239 e. The van der Waals surface area contributed by atoms with Crippen molar-refractivity contribution in [2.75, 3.05) is 0 Å². The number of amides is 1. The van der Waals surface area contributed by atoms with Crippen molar-refractivity contribution in [1.82, 2.24) is 5.32 Å². The van der Waals surface area contributed by atoms with Gasteiger partial charge in [-0.05, 0) is 29.7 Å². The summed E-state index contributed by atoms with van der Waals surface area (Å²) in [6.45, 7) is 0. The molecule has 4 nitrogen and oxygen atoms in total. The highest BCUT2D eigenvalue weighted by Gasteiger charge is 2.30. The van der Waals surface area contributed by atoms with Crippen LogP contribution in [-0.2, 0) is 11.2 Å². The van der Waals surface area contributed by atoms with E-state index in [1.54, 1.807) is 18.3 Å². The molecular formula is C17H14ClN3OS. The zero-order valence-electron chi connectivity index (χ0n) is 12.1. The largest absolute Gasteiger partial charge is 0.303 e.